The molecule has 0 aromatic rings. The Hall–Kier alpha value is -0.153. The Morgan fingerprint density at radius 1 is 1.19 bits per heavy atom. The summed E-state index contributed by atoms with van der Waals surface area (Å²) in [5.41, 5.74) is 0.298. The number of hydrogen-bond donors (Lipinski definition) is 0. The van der Waals surface area contributed by atoms with Crippen LogP contribution in [0.3, 0.4) is 0 Å². The summed E-state index contributed by atoms with van der Waals surface area (Å²) in [5, 5.41) is 0. The molecule has 0 bridgehead atoms. The molecule has 27 heavy (non-hydrogen) atoms. The lowest BCUT2D eigenvalue weighted by Gasteiger charge is -2.42. The lowest BCUT2D eigenvalue weighted by atomic mass is 9.62. The molecule has 0 aromatic heterocycles. The quantitative estimate of drug-likeness (QED) is 0.361. The van der Waals surface area contributed by atoms with Gasteiger partial charge in [0.05, 0.1) is 5.60 Å². The molecule has 2 aliphatic carbocycles. The van der Waals surface area contributed by atoms with E-state index in [0.29, 0.717) is 11.7 Å². The Labute approximate surface area is 170 Å². The molecule has 0 radical (unpaired) electrons. The summed E-state index contributed by atoms with van der Waals surface area (Å²) in [6.07, 6.45) is 9.34. The number of carbonyl (C=O) groups excluding carboxylic acids is 1. The van der Waals surface area contributed by atoms with Crippen molar-refractivity contribution < 1.29 is 9.22 Å². The molecule has 4 atom stereocenters. The maximum atomic E-state index is 12.4. The van der Waals surface area contributed by atoms with Crippen molar-refractivity contribution in [3.63, 3.8) is 0 Å². The zero-order valence-corrected chi connectivity index (χ0v) is 20.3. The minimum atomic E-state index is -1.54. The van der Waals surface area contributed by atoms with Gasteiger partial charge in [0.2, 0.25) is 0 Å². The zero-order chi connectivity index (χ0) is 20.3. The van der Waals surface area contributed by atoms with Gasteiger partial charge in [0.25, 0.3) is 0 Å². The lowest BCUT2D eigenvalue weighted by molar-refractivity contribution is -0.130. The van der Waals surface area contributed by atoms with Crippen LogP contribution in [0.25, 0.3) is 0 Å². The fourth-order valence-electron chi connectivity index (χ4n) is 6.56. The van der Waals surface area contributed by atoms with Gasteiger partial charge in [-0.15, -0.1) is 0 Å². The average molecular weight is 395 g/mol. The fourth-order valence-corrected chi connectivity index (χ4v) is 9.77. The van der Waals surface area contributed by atoms with Crippen LogP contribution in [0.15, 0.2) is 0 Å². The van der Waals surface area contributed by atoms with Crippen LogP contribution in [-0.2, 0) is 9.22 Å². The van der Waals surface area contributed by atoms with Gasteiger partial charge in [0.1, 0.15) is 5.78 Å². The number of fused-ring (bicyclic) bond motifs is 1. The van der Waals surface area contributed by atoms with Gasteiger partial charge in [-0.2, -0.15) is 0 Å². The van der Waals surface area contributed by atoms with E-state index in [9.17, 15) is 4.79 Å². The van der Waals surface area contributed by atoms with E-state index in [0.717, 1.165) is 37.5 Å². The van der Waals surface area contributed by atoms with Crippen molar-refractivity contribution in [3.05, 3.63) is 0 Å². The molecule has 0 amide bonds. The molecule has 2 saturated carbocycles. The minimum Gasteiger partial charge on any atom is -0.412 e. The summed E-state index contributed by atoms with van der Waals surface area (Å²) in [5.74, 6) is 2.40. The van der Waals surface area contributed by atoms with Crippen LogP contribution in [0.5, 0.6) is 0 Å². The van der Waals surface area contributed by atoms with Crippen LogP contribution in [0.1, 0.15) is 99.8 Å². The first kappa shape index (κ1) is 23.1. The third-order valence-corrected chi connectivity index (χ3v) is 13.3. The normalized spacial score (nSPS) is 30.4. The van der Waals surface area contributed by atoms with Crippen molar-refractivity contribution in [1.29, 1.82) is 0 Å². The van der Waals surface area contributed by atoms with E-state index in [1.807, 2.05) is 0 Å². The Morgan fingerprint density at radius 2 is 1.81 bits per heavy atom. The number of hydrogen-bond acceptors (Lipinski definition) is 2. The second-order valence-corrected chi connectivity index (χ2v) is 15.2. The molecule has 0 N–H and O–H groups in total. The summed E-state index contributed by atoms with van der Waals surface area (Å²) in [6.45, 7) is 16.5. The van der Waals surface area contributed by atoms with Crippen molar-refractivity contribution in [2.45, 2.75) is 124 Å². The van der Waals surface area contributed by atoms with E-state index >= 15 is 0 Å². The highest BCUT2D eigenvalue weighted by molar-refractivity contribution is 6.73. The zero-order valence-electron chi connectivity index (χ0n) is 19.3. The predicted octanol–water partition coefficient (Wildman–Crippen LogP) is 7.38. The second kappa shape index (κ2) is 9.11. The van der Waals surface area contributed by atoms with Crippen molar-refractivity contribution in [1.82, 2.24) is 0 Å². The summed E-state index contributed by atoms with van der Waals surface area (Å²) in [7, 11) is -1.54. The van der Waals surface area contributed by atoms with Crippen LogP contribution in [-0.4, -0.2) is 19.7 Å². The van der Waals surface area contributed by atoms with E-state index in [1.54, 1.807) is 0 Å². The highest BCUT2D eigenvalue weighted by Crippen LogP contribution is 2.57. The van der Waals surface area contributed by atoms with Gasteiger partial charge < -0.3 is 4.43 Å². The first-order valence-corrected chi connectivity index (χ1v) is 14.4. The average Bonchev–Trinajstić information content (AvgIpc) is 2.98. The monoisotopic (exact) mass is 394 g/mol. The first-order chi connectivity index (χ1) is 12.6. The van der Waals surface area contributed by atoms with Crippen LogP contribution >= 0.6 is 0 Å². The molecule has 1 unspecified atom stereocenters. The number of carbonyl (C=O) groups is 1. The largest absolute Gasteiger partial charge is 0.412 e. The summed E-state index contributed by atoms with van der Waals surface area (Å²) < 4.78 is 6.79. The van der Waals surface area contributed by atoms with E-state index in [2.05, 4.69) is 48.5 Å². The molecule has 2 rings (SSSR count). The molecule has 158 valence electrons. The SMILES string of the molecule is CC[Si](CC)(CC)OC(C)(C)CCC[C@@H](C)[C@H]1CCC2C(=O)CCC[C@@]21C. The number of rotatable bonds is 10. The van der Waals surface area contributed by atoms with Crippen LogP contribution in [0, 0.1) is 23.2 Å². The van der Waals surface area contributed by atoms with Crippen LogP contribution in [0.4, 0.5) is 0 Å². The Bertz CT molecular complexity index is 488. The molecule has 0 spiro atoms. The molecule has 0 aliphatic heterocycles. The molecule has 0 aromatic carbocycles. The lowest BCUT2D eigenvalue weighted by Crippen LogP contribution is -2.44. The molecule has 0 heterocycles. The highest BCUT2D eigenvalue weighted by atomic mass is 28.4. The molecule has 2 aliphatic rings. The topological polar surface area (TPSA) is 26.3 Å². The summed E-state index contributed by atoms with van der Waals surface area (Å²) >= 11 is 0. The standard InChI is InChI=1S/C24H46O2Si/c1-8-27(9-2,10-3)26-23(5,6)17-11-13-19(4)20-15-16-21-22(25)14-12-18-24(20,21)7/h19-21H,8-18H2,1-7H3/t19-,20-,21?,24-/m1/s1. The van der Waals surface area contributed by atoms with Crippen LogP contribution in [0.2, 0.25) is 18.1 Å². The van der Waals surface area contributed by atoms with Gasteiger partial charge in [-0.3, -0.25) is 4.79 Å². The minimum absolute atomic E-state index is 0.0108. The van der Waals surface area contributed by atoms with E-state index < -0.39 is 8.32 Å². The summed E-state index contributed by atoms with van der Waals surface area (Å²) in [6, 6.07) is 3.70. The van der Waals surface area contributed by atoms with E-state index in [4.69, 9.17) is 4.43 Å². The summed E-state index contributed by atoms with van der Waals surface area (Å²) in [4.78, 5) is 12.4. The molecular weight excluding hydrogens is 348 g/mol. The van der Waals surface area contributed by atoms with Crippen molar-refractivity contribution in [2.24, 2.45) is 23.2 Å². The van der Waals surface area contributed by atoms with Crippen molar-refractivity contribution in [2.75, 3.05) is 0 Å². The Balaban J connectivity index is 1.88. The molecule has 3 heteroatoms. The maximum absolute atomic E-state index is 12.4. The van der Waals surface area contributed by atoms with Gasteiger partial charge in [-0.1, -0.05) is 47.5 Å². The third-order valence-electron chi connectivity index (χ3n) is 8.49. The highest BCUT2D eigenvalue weighted by Gasteiger charge is 2.52. The Kier molecular flexibility index (Phi) is 7.81. The van der Waals surface area contributed by atoms with E-state index in [1.165, 1.54) is 43.8 Å². The van der Waals surface area contributed by atoms with Crippen molar-refractivity contribution >= 4 is 14.1 Å². The second-order valence-electron chi connectivity index (χ2n) is 10.5. The smallest absolute Gasteiger partial charge is 0.192 e. The fraction of sp³-hybridized carbons (Fsp3) is 0.958. The first-order valence-electron chi connectivity index (χ1n) is 11.9. The van der Waals surface area contributed by atoms with Gasteiger partial charge in [0, 0.05) is 12.3 Å². The Morgan fingerprint density at radius 3 is 2.41 bits per heavy atom. The molecular formula is C24H46O2Si. The van der Waals surface area contributed by atoms with Gasteiger partial charge in [-0.05, 0) is 81.3 Å². The van der Waals surface area contributed by atoms with Crippen LogP contribution < -0.4 is 0 Å². The predicted molar refractivity (Wildman–Crippen MR) is 119 cm³/mol. The maximum Gasteiger partial charge on any atom is 0.192 e. The third kappa shape index (κ3) is 5.07. The molecule has 2 nitrogen and oxygen atoms in total. The number of ketones is 1. The number of Topliss-reactive ketones (excluding diaryl/α,β-unsaturated/α-hetero) is 1. The molecule has 0 saturated heterocycles. The van der Waals surface area contributed by atoms with E-state index in [-0.39, 0.29) is 11.0 Å². The van der Waals surface area contributed by atoms with Crippen molar-refractivity contribution in [3.8, 4) is 0 Å². The van der Waals surface area contributed by atoms with Gasteiger partial charge >= 0.3 is 0 Å². The molecule has 2 fully saturated rings. The van der Waals surface area contributed by atoms with Gasteiger partial charge in [0.15, 0.2) is 8.32 Å². The van der Waals surface area contributed by atoms with Gasteiger partial charge in [-0.25, -0.2) is 0 Å².